The van der Waals surface area contributed by atoms with Crippen LogP contribution in [0.5, 0.6) is 0 Å². The van der Waals surface area contributed by atoms with Gasteiger partial charge < -0.3 is 10.2 Å². The molecule has 0 amide bonds. The van der Waals surface area contributed by atoms with E-state index in [9.17, 15) is 0 Å². The van der Waals surface area contributed by atoms with Crippen molar-refractivity contribution in [2.45, 2.75) is 52.1 Å². The van der Waals surface area contributed by atoms with Gasteiger partial charge in [-0.15, -0.1) is 0 Å². The maximum absolute atomic E-state index is 3.74. The molecule has 0 saturated carbocycles. The van der Waals surface area contributed by atoms with E-state index >= 15 is 0 Å². The lowest BCUT2D eigenvalue weighted by Crippen LogP contribution is -2.42. The zero-order chi connectivity index (χ0) is 13.7. The first-order chi connectivity index (χ1) is 9.16. The molecule has 1 aliphatic heterocycles. The van der Waals surface area contributed by atoms with E-state index in [2.05, 4.69) is 55.3 Å². The van der Waals surface area contributed by atoms with Crippen molar-refractivity contribution in [1.82, 2.24) is 10.2 Å². The Balaban J connectivity index is 1.84. The molecule has 2 rings (SSSR count). The van der Waals surface area contributed by atoms with Gasteiger partial charge >= 0.3 is 0 Å². The molecule has 1 N–H and O–H groups in total. The van der Waals surface area contributed by atoms with Crippen molar-refractivity contribution in [3.63, 3.8) is 0 Å². The third kappa shape index (κ3) is 4.32. The molecule has 1 aromatic carbocycles. The number of piperidine rings is 1. The SMILES string of the molecule is Cc1ccccc1C(C)NC(C)CN1CCCCC1. The van der Waals surface area contributed by atoms with E-state index in [1.807, 2.05) is 0 Å². The molecule has 2 nitrogen and oxygen atoms in total. The van der Waals surface area contributed by atoms with Crippen LogP contribution in [0.25, 0.3) is 0 Å². The molecular formula is C17H28N2. The number of nitrogens with zero attached hydrogens (tertiary/aromatic N) is 1. The highest BCUT2D eigenvalue weighted by Crippen LogP contribution is 2.17. The van der Waals surface area contributed by atoms with Crippen molar-refractivity contribution in [3.05, 3.63) is 35.4 Å². The first-order valence-corrected chi connectivity index (χ1v) is 7.71. The second kappa shape index (κ2) is 7.06. The van der Waals surface area contributed by atoms with Crippen molar-refractivity contribution in [2.24, 2.45) is 0 Å². The lowest BCUT2D eigenvalue weighted by molar-refractivity contribution is 0.205. The number of hydrogen-bond acceptors (Lipinski definition) is 2. The molecule has 0 radical (unpaired) electrons. The van der Waals surface area contributed by atoms with E-state index in [1.54, 1.807) is 0 Å². The summed E-state index contributed by atoms with van der Waals surface area (Å²) in [7, 11) is 0. The van der Waals surface area contributed by atoms with E-state index in [0.717, 1.165) is 0 Å². The molecule has 1 heterocycles. The predicted molar refractivity (Wildman–Crippen MR) is 82.5 cm³/mol. The highest BCUT2D eigenvalue weighted by molar-refractivity contribution is 5.28. The number of benzene rings is 1. The molecule has 1 aromatic rings. The van der Waals surface area contributed by atoms with Gasteiger partial charge in [-0.3, -0.25) is 0 Å². The average molecular weight is 260 g/mol. The minimum Gasteiger partial charge on any atom is -0.306 e. The molecule has 2 unspecified atom stereocenters. The van der Waals surface area contributed by atoms with Crippen LogP contribution in [0.2, 0.25) is 0 Å². The highest BCUT2D eigenvalue weighted by atomic mass is 15.2. The van der Waals surface area contributed by atoms with Crippen molar-refractivity contribution in [3.8, 4) is 0 Å². The van der Waals surface area contributed by atoms with Crippen LogP contribution in [0, 0.1) is 6.92 Å². The van der Waals surface area contributed by atoms with Gasteiger partial charge in [0.1, 0.15) is 0 Å². The molecular weight excluding hydrogens is 232 g/mol. The Morgan fingerprint density at radius 2 is 1.79 bits per heavy atom. The number of likely N-dealkylation sites (tertiary alicyclic amines) is 1. The summed E-state index contributed by atoms with van der Waals surface area (Å²) in [6.07, 6.45) is 4.16. The Morgan fingerprint density at radius 1 is 1.11 bits per heavy atom. The molecule has 0 bridgehead atoms. The lowest BCUT2D eigenvalue weighted by atomic mass is 10.0. The van der Waals surface area contributed by atoms with E-state index in [1.165, 1.54) is 50.0 Å². The fourth-order valence-electron chi connectivity index (χ4n) is 3.17. The molecule has 0 aromatic heterocycles. The van der Waals surface area contributed by atoms with Crippen molar-refractivity contribution in [2.75, 3.05) is 19.6 Å². The second-order valence-corrected chi connectivity index (χ2v) is 6.01. The van der Waals surface area contributed by atoms with Gasteiger partial charge in [-0.25, -0.2) is 0 Å². The maximum atomic E-state index is 3.74. The largest absolute Gasteiger partial charge is 0.306 e. The molecule has 19 heavy (non-hydrogen) atoms. The van der Waals surface area contributed by atoms with E-state index < -0.39 is 0 Å². The van der Waals surface area contributed by atoms with E-state index in [0.29, 0.717) is 12.1 Å². The molecule has 2 heteroatoms. The monoisotopic (exact) mass is 260 g/mol. The van der Waals surface area contributed by atoms with Crippen LogP contribution in [0.4, 0.5) is 0 Å². The second-order valence-electron chi connectivity index (χ2n) is 6.01. The Morgan fingerprint density at radius 3 is 2.47 bits per heavy atom. The zero-order valence-corrected chi connectivity index (χ0v) is 12.7. The highest BCUT2D eigenvalue weighted by Gasteiger charge is 2.15. The molecule has 1 fully saturated rings. The minimum absolute atomic E-state index is 0.431. The topological polar surface area (TPSA) is 15.3 Å². The van der Waals surface area contributed by atoms with Crippen LogP contribution in [0.15, 0.2) is 24.3 Å². The maximum Gasteiger partial charge on any atom is 0.0297 e. The van der Waals surface area contributed by atoms with Gasteiger partial charge in [0.2, 0.25) is 0 Å². The van der Waals surface area contributed by atoms with Crippen LogP contribution in [-0.4, -0.2) is 30.6 Å². The standard InChI is InChI=1S/C17H28N2/c1-14-9-5-6-10-17(14)16(3)18-15(2)13-19-11-7-4-8-12-19/h5-6,9-10,15-16,18H,4,7-8,11-13H2,1-3H3. The lowest BCUT2D eigenvalue weighted by Gasteiger charge is -2.31. The third-order valence-corrected chi connectivity index (χ3v) is 4.17. The van der Waals surface area contributed by atoms with Gasteiger partial charge in [-0.05, 0) is 57.8 Å². The summed E-state index contributed by atoms with van der Waals surface area (Å²) in [5, 5.41) is 3.74. The summed E-state index contributed by atoms with van der Waals surface area (Å²) < 4.78 is 0. The van der Waals surface area contributed by atoms with Gasteiger partial charge in [-0.1, -0.05) is 30.7 Å². The molecule has 0 spiro atoms. The fourth-order valence-corrected chi connectivity index (χ4v) is 3.17. The first-order valence-electron chi connectivity index (χ1n) is 7.71. The summed E-state index contributed by atoms with van der Waals surface area (Å²) in [6, 6.07) is 9.66. The number of nitrogens with one attached hydrogen (secondary N) is 1. The normalized spacial score (nSPS) is 20.2. The number of hydrogen-bond donors (Lipinski definition) is 1. The molecule has 1 aliphatic rings. The summed E-state index contributed by atoms with van der Waals surface area (Å²) in [4.78, 5) is 2.60. The van der Waals surface area contributed by atoms with Gasteiger partial charge in [0.15, 0.2) is 0 Å². The van der Waals surface area contributed by atoms with Gasteiger partial charge in [0, 0.05) is 18.6 Å². The Kier molecular flexibility index (Phi) is 5.41. The van der Waals surface area contributed by atoms with Crippen LogP contribution in [-0.2, 0) is 0 Å². The molecule has 106 valence electrons. The first kappa shape index (κ1) is 14.5. The average Bonchev–Trinajstić information content (AvgIpc) is 2.40. The number of aryl methyl sites for hydroxylation is 1. The Bertz CT molecular complexity index is 383. The van der Waals surface area contributed by atoms with Crippen LogP contribution >= 0.6 is 0 Å². The summed E-state index contributed by atoms with van der Waals surface area (Å²) in [5.74, 6) is 0. The fraction of sp³-hybridized carbons (Fsp3) is 0.647. The van der Waals surface area contributed by atoms with Gasteiger partial charge in [0.25, 0.3) is 0 Å². The molecule has 0 aliphatic carbocycles. The van der Waals surface area contributed by atoms with E-state index in [-0.39, 0.29) is 0 Å². The van der Waals surface area contributed by atoms with Crippen molar-refractivity contribution < 1.29 is 0 Å². The van der Waals surface area contributed by atoms with Crippen LogP contribution in [0.1, 0.15) is 50.3 Å². The van der Waals surface area contributed by atoms with Crippen LogP contribution in [0.3, 0.4) is 0 Å². The van der Waals surface area contributed by atoms with Gasteiger partial charge in [0.05, 0.1) is 0 Å². The van der Waals surface area contributed by atoms with Crippen molar-refractivity contribution in [1.29, 1.82) is 0 Å². The Labute approximate surface area is 118 Å². The Hall–Kier alpha value is -0.860. The number of rotatable bonds is 5. The summed E-state index contributed by atoms with van der Waals surface area (Å²) in [5.41, 5.74) is 2.81. The van der Waals surface area contributed by atoms with Crippen molar-refractivity contribution >= 4 is 0 Å². The predicted octanol–water partition coefficient (Wildman–Crippen LogP) is 3.52. The molecule has 1 saturated heterocycles. The quantitative estimate of drug-likeness (QED) is 0.871. The summed E-state index contributed by atoms with van der Waals surface area (Å²) in [6.45, 7) is 10.5. The van der Waals surface area contributed by atoms with Gasteiger partial charge in [-0.2, -0.15) is 0 Å². The van der Waals surface area contributed by atoms with E-state index in [4.69, 9.17) is 0 Å². The van der Waals surface area contributed by atoms with Crippen LogP contribution < -0.4 is 5.32 Å². The molecule has 2 atom stereocenters. The smallest absolute Gasteiger partial charge is 0.0297 e. The third-order valence-electron chi connectivity index (χ3n) is 4.17. The minimum atomic E-state index is 0.431. The zero-order valence-electron chi connectivity index (χ0n) is 12.7. The summed E-state index contributed by atoms with van der Waals surface area (Å²) >= 11 is 0.